The van der Waals surface area contributed by atoms with Crippen LogP contribution < -0.4 is 0 Å². The molecule has 1 fully saturated rings. The molecule has 6 nitrogen and oxygen atoms in total. The second kappa shape index (κ2) is 7.45. The molecule has 1 aliphatic rings. The topological polar surface area (TPSA) is 59.1 Å². The molecule has 0 saturated carbocycles. The number of rotatable bonds is 4. The number of carbonyl (C=O) groups is 2. The van der Waals surface area contributed by atoms with Crippen LogP contribution in [0.5, 0.6) is 0 Å². The second-order valence-electron chi connectivity index (χ2n) is 4.86. The molecule has 0 spiro atoms. The van der Waals surface area contributed by atoms with E-state index in [9.17, 15) is 9.59 Å². The molecule has 0 aromatic carbocycles. The molecule has 0 aromatic rings. The maximum atomic E-state index is 11.9. The second-order valence-corrected chi connectivity index (χ2v) is 4.86. The highest BCUT2D eigenvalue weighted by Crippen LogP contribution is 2.15. The molecule has 1 heterocycles. The van der Waals surface area contributed by atoms with Crippen LogP contribution in [0.15, 0.2) is 0 Å². The van der Waals surface area contributed by atoms with Gasteiger partial charge in [-0.3, -0.25) is 9.69 Å². The van der Waals surface area contributed by atoms with Crippen molar-refractivity contribution in [1.82, 2.24) is 9.80 Å². The summed E-state index contributed by atoms with van der Waals surface area (Å²) in [5, 5.41) is 0. The monoisotopic (exact) mass is 272 g/mol. The van der Waals surface area contributed by atoms with Crippen LogP contribution in [-0.2, 0) is 19.1 Å². The summed E-state index contributed by atoms with van der Waals surface area (Å²) >= 11 is 0. The van der Waals surface area contributed by atoms with Crippen molar-refractivity contribution in [2.45, 2.75) is 32.9 Å². The summed E-state index contributed by atoms with van der Waals surface area (Å²) in [4.78, 5) is 27.2. The zero-order valence-corrected chi connectivity index (χ0v) is 12.2. The average molecular weight is 272 g/mol. The zero-order valence-electron chi connectivity index (χ0n) is 12.2. The summed E-state index contributed by atoms with van der Waals surface area (Å²) in [5.74, 6) is -1.29. The number of hydrogen-bond donors (Lipinski definition) is 0. The van der Waals surface area contributed by atoms with Crippen LogP contribution in [0.3, 0.4) is 0 Å². The lowest BCUT2D eigenvalue weighted by Gasteiger charge is -2.43. The first-order chi connectivity index (χ1) is 9.01. The molecule has 19 heavy (non-hydrogen) atoms. The van der Waals surface area contributed by atoms with E-state index in [1.165, 1.54) is 0 Å². The molecule has 1 saturated heterocycles. The Hall–Kier alpha value is -1.14. The fourth-order valence-corrected chi connectivity index (χ4v) is 2.48. The van der Waals surface area contributed by atoms with Crippen molar-refractivity contribution in [3.8, 4) is 0 Å². The molecule has 0 bridgehead atoms. The van der Waals surface area contributed by atoms with E-state index in [0.29, 0.717) is 19.7 Å². The number of ether oxygens (including phenoxy) is 2. The molecule has 1 rings (SSSR count). The van der Waals surface area contributed by atoms with Gasteiger partial charge < -0.3 is 14.4 Å². The largest absolute Gasteiger partial charge is 0.459 e. The molecule has 6 heteroatoms. The van der Waals surface area contributed by atoms with Crippen LogP contribution in [0.25, 0.3) is 0 Å². The Morgan fingerprint density at radius 2 is 1.79 bits per heavy atom. The summed E-state index contributed by atoms with van der Waals surface area (Å²) in [6.45, 7) is 8.62. The third-order valence-electron chi connectivity index (χ3n) is 3.39. The van der Waals surface area contributed by atoms with Gasteiger partial charge in [0.15, 0.2) is 0 Å². The number of esters is 1. The van der Waals surface area contributed by atoms with Crippen molar-refractivity contribution in [2.24, 2.45) is 0 Å². The Morgan fingerprint density at radius 1 is 1.21 bits per heavy atom. The molecule has 2 unspecified atom stereocenters. The van der Waals surface area contributed by atoms with E-state index in [1.807, 2.05) is 0 Å². The van der Waals surface area contributed by atoms with Gasteiger partial charge in [-0.05, 0) is 20.8 Å². The van der Waals surface area contributed by atoms with Gasteiger partial charge in [0.1, 0.15) is 0 Å². The van der Waals surface area contributed by atoms with Crippen molar-refractivity contribution < 1.29 is 19.1 Å². The molecular formula is C13H24N2O4. The highest BCUT2D eigenvalue weighted by atomic mass is 16.5. The Morgan fingerprint density at radius 3 is 2.26 bits per heavy atom. The van der Waals surface area contributed by atoms with Crippen molar-refractivity contribution in [2.75, 3.05) is 40.0 Å². The third kappa shape index (κ3) is 4.18. The first-order valence-electron chi connectivity index (χ1n) is 6.71. The van der Waals surface area contributed by atoms with Gasteiger partial charge in [0.05, 0.1) is 13.2 Å². The molecule has 1 amide bonds. The third-order valence-corrected chi connectivity index (χ3v) is 3.39. The van der Waals surface area contributed by atoms with Crippen molar-refractivity contribution in [1.29, 1.82) is 0 Å². The minimum Gasteiger partial charge on any atom is -0.459 e. The maximum Gasteiger partial charge on any atom is 0.397 e. The van der Waals surface area contributed by atoms with E-state index < -0.39 is 11.9 Å². The van der Waals surface area contributed by atoms with Gasteiger partial charge in [-0.25, -0.2) is 4.79 Å². The Balaban J connectivity index is 2.58. The zero-order chi connectivity index (χ0) is 14.4. The van der Waals surface area contributed by atoms with Crippen molar-refractivity contribution in [3.63, 3.8) is 0 Å². The minimum absolute atomic E-state index is 0.206. The van der Waals surface area contributed by atoms with Crippen LogP contribution >= 0.6 is 0 Å². The van der Waals surface area contributed by atoms with E-state index in [1.54, 1.807) is 18.9 Å². The van der Waals surface area contributed by atoms with Gasteiger partial charge in [-0.1, -0.05) is 0 Å². The molecule has 110 valence electrons. The predicted molar refractivity (Wildman–Crippen MR) is 70.7 cm³/mol. The fraction of sp³-hybridized carbons (Fsp3) is 0.846. The minimum atomic E-state index is -0.757. The number of amides is 1. The number of piperazine rings is 1. The molecule has 1 aliphatic heterocycles. The van der Waals surface area contributed by atoms with Crippen LogP contribution in [0.1, 0.15) is 20.8 Å². The maximum absolute atomic E-state index is 11.9. The number of carbonyl (C=O) groups excluding carboxylic acids is 2. The standard InChI is InChI=1S/C13H24N2O4/c1-5-19-13(17)12(16)14-8-10(2)15(6-7-18-4)11(3)9-14/h10-11H,5-9H2,1-4H3. The van der Waals surface area contributed by atoms with Crippen LogP contribution in [-0.4, -0.2) is 73.7 Å². The summed E-state index contributed by atoms with van der Waals surface area (Å²) in [5.41, 5.74) is 0. The quantitative estimate of drug-likeness (QED) is 0.537. The van der Waals surface area contributed by atoms with E-state index >= 15 is 0 Å². The van der Waals surface area contributed by atoms with Gasteiger partial charge in [0, 0.05) is 38.8 Å². The van der Waals surface area contributed by atoms with E-state index in [0.717, 1.165) is 6.54 Å². The lowest BCUT2D eigenvalue weighted by atomic mass is 10.1. The molecule has 2 atom stereocenters. The lowest BCUT2D eigenvalue weighted by molar-refractivity contribution is -0.162. The molecule has 0 aliphatic carbocycles. The number of nitrogens with zero attached hydrogens (tertiary/aromatic N) is 2. The lowest BCUT2D eigenvalue weighted by Crippen LogP contribution is -2.59. The normalized spacial score (nSPS) is 24.3. The van der Waals surface area contributed by atoms with Gasteiger partial charge >= 0.3 is 11.9 Å². The highest BCUT2D eigenvalue weighted by molar-refractivity contribution is 6.32. The first-order valence-corrected chi connectivity index (χ1v) is 6.71. The van der Waals surface area contributed by atoms with Crippen LogP contribution in [0.4, 0.5) is 0 Å². The fourth-order valence-electron chi connectivity index (χ4n) is 2.48. The molecule has 0 aromatic heterocycles. The Bertz CT molecular complexity index is 310. The van der Waals surface area contributed by atoms with Crippen LogP contribution in [0, 0.1) is 0 Å². The van der Waals surface area contributed by atoms with Gasteiger partial charge in [-0.15, -0.1) is 0 Å². The SMILES string of the molecule is CCOC(=O)C(=O)N1CC(C)N(CCOC)C(C)C1. The molecular weight excluding hydrogens is 248 g/mol. The van der Waals surface area contributed by atoms with E-state index in [-0.39, 0.29) is 18.7 Å². The van der Waals surface area contributed by atoms with E-state index in [2.05, 4.69) is 18.7 Å². The van der Waals surface area contributed by atoms with Crippen molar-refractivity contribution >= 4 is 11.9 Å². The van der Waals surface area contributed by atoms with Crippen LogP contribution in [0.2, 0.25) is 0 Å². The summed E-state index contributed by atoms with van der Waals surface area (Å²) in [7, 11) is 1.68. The Labute approximate surface area is 114 Å². The van der Waals surface area contributed by atoms with Gasteiger partial charge in [0.25, 0.3) is 0 Å². The van der Waals surface area contributed by atoms with Gasteiger partial charge in [-0.2, -0.15) is 0 Å². The summed E-state index contributed by atoms with van der Waals surface area (Å²) in [6, 6.07) is 0.412. The Kier molecular flexibility index (Phi) is 6.24. The highest BCUT2D eigenvalue weighted by Gasteiger charge is 2.34. The average Bonchev–Trinajstić information content (AvgIpc) is 2.37. The molecule has 0 N–H and O–H groups in total. The van der Waals surface area contributed by atoms with Gasteiger partial charge in [0.2, 0.25) is 0 Å². The van der Waals surface area contributed by atoms with Crippen molar-refractivity contribution in [3.05, 3.63) is 0 Å². The summed E-state index contributed by atoms with van der Waals surface area (Å²) < 4.78 is 9.84. The smallest absolute Gasteiger partial charge is 0.397 e. The first kappa shape index (κ1) is 15.9. The predicted octanol–water partition coefficient (Wildman–Crippen LogP) is 0.117. The number of methoxy groups -OCH3 is 1. The number of hydrogen-bond acceptors (Lipinski definition) is 5. The van der Waals surface area contributed by atoms with E-state index in [4.69, 9.17) is 9.47 Å². The molecule has 0 radical (unpaired) electrons. The summed E-state index contributed by atoms with van der Waals surface area (Å²) in [6.07, 6.45) is 0.